The molecular formula is C13H22N2O3S. The fraction of sp³-hybridized carbons (Fsp3) is 0.538. The molecule has 1 N–H and O–H groups in total. The Kier molecular flexibility index (Phi) is 6.27. The number of hydrogen-bond acceptors (Lipinski definition) is 4. The van der Waals surface area contributed by atoms with E-state index in [1.54, 1.807) is 25.3 Å². The Morgan fingerprint density at radius 2 is 1.89 bits per heavy atom. The first-order valence-corrected chi connectivity index (χ1v) is 7.68. The van der Waals surface area contributed by atoms with Crippen molar-refractivity contribution in [1.82, 2.24) is 4.31 Å². The summed E-state index contributed by atoms with van der Waals surface area (Å²) in [5.74, 6) is 0. The highest BCUT2D eigenvalue weighted by atomic mass is 32.2. The van der Waals surface area contributed by atoms with Crippen LogP contribution in [0.3, 0.4) is 0 Å². The van der Waals surface area contributed by atoms with Gasteiger partial charge in [0, 0.05) is 34.4 Å². The maximum absolute atomic E-state index is 12.2. The lowest BCUT2D eigenvalue weighted by molar-refractivity contribution is 0.194. The van der Waals surface area contributed by atoms with Gasteiger partial charge < -0.3 is 10.1 Å². The molecule has 0 aliphatic heterocycles. The summed E-state index contributed by atoms with van der Waals surface area (Å²) in [6.45, 7) is 1.45. The normalized spacial score (nSPS) is 11.8. The van der Waals surface area contributed by atoms with E-state index in [-0.39, 0.29) is 0 Å². The summed E-state index contributed by atoms with van der Waals surface area (Å²) in [4.78, 5) is 0.312. The molecule has 6 heteroatoms. The van der Waals surface area contributed by atoms with Crippen molar-refractivity contribution in [2.24, 2.45) is 0 Å². The van der Waals surface area contributed by atoms with Crippen LogP contribution in [0.1, 0.15) is 12.8 Å². The van der Waals surface area contributed by atoms with Gasteiger partial charge in [-0.05, 0) is 25.0 Å². The lowest BCUT2D eigenvalue weighted by atomic mass is 10.3. The van der Waals surface area contributed by atoms with Crippen LogP contribution in [0.2, 0.25) is 0 Å². The largest absolute Gasteiger partial charge is 0.385 e. The highest BCUT2D eigenvalue weighted by molar-refractivity contribution is 7.89. The number of rotatable bonds is 8. The lowest BCUT2D eigenvalue weighted by Crippen LogP contribution is -2.23. The molecule has 0 aliphatic rings. The first-order valence-electron chi connectivity index (χ1n) is 6.24. The van der Waals surface area contributed by atoms with Gasteiger partial charge in [0.05, 0.1) is 5.69 Å². The summed E-state index contributed by atoms with van der Waals surface area (Å²) in [6, 6.07) is 6.96. The van der Waals surface area contributed by atoms with Crippen LogP contribution in [0.4, 0.5) is 5.69 Å². The van der Waals surface area contributed by atoms with Crippen LogP contribution in [-0.4, -0.2) is 47.1 Å². The zero-order valence-corrected chi connectivity index (χ0v) is 12.5. The van der Waals surface area contributed by atoms with Gasteiger partial charge in [0.25, 0.3) is 0 Å². The summed E-state index contributed by atoms with van der Waals surface area (Å²) in [7, 11) is 1.33. The van der Waals surface area contributed by atoms with Gasteiger partial charge in [-0.3, -0.25) is 0 Å². The van der Waals surface area contributed by atoms with Gasteiger partial charge in [0.15, 0.2) is 0 Å². The van der Waals surface area contributed by atoms with Crippen LogP contribution < -0.4 is 5.32 Å². The summed E-state index contributed by atoms with van der Waals surface area (Å²) in [5, 5.41) is 3.17. The number of nitrogens with zero attached hydrogens (tertiary/aromatic N) is 1. The molecule has 108 valence electrons. The van der Waals surface area contributed by atoms with Gasteiger partial charge in [-0.1, -0.05) is 12.1 Å². The van der Waals surface area contributed by atoms with Crippen molar-refractivity contribution < 1.29 is 13.2 Å². The number of hydrogen-bond donors (Lipinski definition) is 1. The SMILES string of the molecule is COCCCCNc1ccccc1S(=O)(=O)N(C)C. The zero-order valence-electron chi connectivity index (χ0n) is 11.7. The van der Waals surface area contributed by atoms with Crippen LogP contribution >= 0.6 is 0 Å². The van der Waals surface area contributed by atoms with Gasteiger partial charge in [-0.25, -0.2) is 12.7 Å². The third kappa shape index (κ3) is 4.49. The predicted octanol–water partition coefficient (Wildman–Crippen LogP) is 1.78. The first-order chi connectivity index (χ1) is 9.00. The predicted molar refractivity (Wildman–Crippen MR) is 76.9 cm³/mol. The third-order valence-electron chi connectivity index (χ3n) is 2.74. The molecule has 0 fully saturated rings. The van der Waals surface area contributed by atoms with Crippen molar-refractivity contribution >= 4 is 15.7 Å². The summed E-state index contributed by atoms with van der Waals surface area (Å²) >= 11 is 0. The first kappa shape index (κ1) is 15.9. The van der Waals surface area contributed by atoms with E-state index in [1.165, 1.54) is 18.4 Å². The lowest BCUT2D eigenvalue weighted by Gasteiger charge is -2.16. The Balaban J connectivity index is 2.74. The second-order valence-electron chi connectivity index (χ2n) is 4.41. The Hall–Kier alpha value is -1.11. The van der Waals surface area contributed by atoms with E-state index in [9.17, 15) is 8.42 Å². The number of unbranched alkanes of at least 4 members (excludes halogenated alkanes) is 1. The van der Waals surface area contributed by atoms with E-state index in [0.717, 1.165) is 26.0 Å². The molecule has 0 aliphatic carbocycles. The van der Waals surface area contributed by atoms with Crippen LogP contribution in [0.5, 0.6) is 0 Å². The van der Waals surface area contributed by atoms with Gasteiger partial charge in [-0.15, -0.1) is 0 Å². The smallest absolute Gasteiger partial charge is 0.244 e. The Morgan fingerprint density at radius 3 is 2.53 bits per heavy atom. The Bertz CT molecular complexity index is 486. The number of methoxy groups -OCH3 is 1. The van der Waals surface area contributed by atoms with Crippen molar-refractivity contribution in [3.63, 3.8) is 0 Å². The maximum atomic E-state index is 12.2. The average Bonchev–Trinajstić information content (AvgIpc) is 2.38. The van der Waals surface area contributed by atoms with Crippen LogP contribution in [0.25, 0.3) is 0 Å². The molecule has 1 aromatic rings. The van der Waals surface area contributed by atoms with Gasteiger partial charge >= 0.3 is 0 Å². The molecule has 0 heterocycles. The second-order valence-corrected chi connectivity index (χ2v) is 6.53. The van der Waals surface area contributed by atoms with Crippen molar-refractivity contribution in [3.8, 4) is 0 Å². The van der Waals surface area contributed by atoms with E-state index in [4.69, 9.17) is 4.74 Å². The highest BCUT2D eigenvalue weighted by Crippen LogP contribution is 2.22. The van der Waals surface area contributed by atoms with Crippen molar-refractivity contribution in [3.05, 3.63) is 24.3 Å². The number of anilines is 1. The maximum Gasteiger partial charge on any atom is 0.244 e. The van der Waals surface area contributed by atoms with Crippen molar-refractivity contribution in [1.29, 1.82) is 0 Å². The zero-order chi connectivity index (χ0) is 14.3. The molecule has 0 atom stereocenters. The molecule has 0 unspecified atom stereocenters. The molecule has 0 spiro atoms. The molecule has 0 radical (unpaired) electrons. The number of benzene rings is 1. The Labute approximate surface area is 115 Å². The van der Waals surface area contributed by atoms with Gasteiger partial charge in [0.2, 0.25) is 10.0 Å². The molecule has 0 aromatic heterocycles. The molecule has 0 saturated heterocycles. The number of nitrogens with one attached hydrogen (secondary N) is 1. The minimum atomic E-state index is -3.41. The fourth-order valence-corrected chi connectivity index (χ4v) is 2.69. The quantitative estimate of drug-likeness (QED) is 0.740. The fourth-order valence-electron chi connectivity index (χ4n) is 1.63. The molecule has 0 bridgehead atoms. The number of para-hydroxylation sites is 1. The molecule has 5 nitrogen and oxygen atoms in total. The van der Waals surface area contributed by atoms with E-state index in [0.29, 0.717) is 10.6 Å². The van der Waals surface area contributed by atoms with E-state index in [2.05, 4.69) is 5.32 Å². The van der Waals surface area contributed by atoms with Crippen molar-refractivity contribution in [2.45, 2.75) is 17.7 Å². The standard InChI is InChI=1S/C13H22N2O3S/c1-15(2)19(16,17)13-9-5-4-8-12(13)14-10-6-7-11-18-3/h4-5,8-9,14H,6-7,10-11H2,1-3H3. The minimum Gasteiger partial charge on any atom is -0.385 e. The average molecular weight is 286 g/mol. The molecule has 0 saturated carbocycles. The van der Waals surface area contributed by atoms with Crippen LogP contribution in [-0.2, 0) is 14.8 Å². The van der Waals surface area contributed by atoms with Gasteiger partial charge in [0.1, 0.15) is 4.90 Å². The van der Waals surface area contributed by atoms with Gasteiger partial charge in [-0.2, -0.15) is 0 Å². The summed E-state index contributed by atoms with van der Waals surface area (Å²) in [5.41, 5.74) is 0.647. The summed E-state index contributed by atoms with van der Waals surface area (Å²) in [6.07, 6.45) is 1.89. The molecule has 1 aromatic carbocycles. The van der Waals surface area contributed by atoms with Crippen molar-refractivity contribution in [2.75, 3.05) is 39.7 Å². The van der Waals surface area contributed by atoms with E-state index >= 15 is 0 Å². The molecule has 19 heavy (non-hydrogen) atoms. The van der Waals surface area contributed by atoms with E-state index in [1.807, 2.05) is 6.07 Å². The molecule has 0 amide bonds. The third-order valence-corrected chi connectivity index (χ3v) is 4.61. The van der Waals surface area contributed by atoms with Crippen LogP contribution in [0.15, 0.2) is 29.2 Å². The number of sulfonamides is 1. The monoisotopic (exact) mass is 286 g/mol. The number of ether oxygens (including phenoxy) is 1. The molecular weight excluding hydrogens is 264 g/mol. The highest BCUT2D eigenvalue weighted by Gasteiger charge is 2.20. The van der Waals surface area contributed by atoms with E-state index < -0.39 is 10.0 Å². The second kappa shape index (κ2) is 7.47. The summed E-state index contributed by atoms with van der Waals surface area (Å²) < 4.78 is 30.5. The minimum absolute atomic E-state index is 0.312. The van der Waals surface area contributed by atoms with Crippen LogP contribution in [0, 0.1) is 0 Å². The Morgan fingerprint density at radius 1 is 1.21 bits per heavy atom. The topological polar surface area (TPSA) is 58.6 Å². The molecule has 1 rings (SSSR count).